The Labute approximate surface area is 78.0 Å². The van der Waals surface area contributed by atoms with Crippen molar-refractivity contribution in [3.05, 3.63) is 0 Å². The smallest absolute Gasteiger partial charge is 0.0974 e. The van der Waals surface area contributed by atoms with Crippen LogP contribution in [0.4, 0.5) is 0 Å². The van der Waals surface area contributed by atoms with Crippen molar-refractivity contribution in [1.82, 2.24) is 0 Å². The molecule has 3 rings (SSSR count). The van der Waals surface area contributed by atoms with Crippen molar-refractivity contribution in [2.75, 3.05) is 13.2 Å². The zero-order valence-corrected chi connectivity index (χ0v) is 7.95. The fourth-order valence-corrected chi connectivity index (χ4v) is 2.75. The standard InChI is InChI=1S/C10H16O3/c1-9(5-12-9)8-4-7(11)2-3-10(8)6-13-10/h7-8,11H,2-6H2,1H3/t7-,8?,9?,10+/m1/s1. The maximum atomic E-state index is 9.62. The Bertz CT molecular complexity index is 230. The third-order valence-electron chi connectivity index (χ3n) is 3.90. The van der Waals surface area contributed by atoms with E-state index in [1.807, 2.05) is 0 Å². The summed E-state index contributed by atoms with van der Waals surface area (Å²) in [7, 11) is 0. The molecule has 2 unspecified atom stereocenters. The van der Waals surface area contributed by atoms with Crippen LogP contribution in [0.15, 0.2) is 0 Å². The first-order valence-electron chi connectivity index (χ1n) is 5.11. The van der Waals surface area contributed by atoms with Gasteiger partial charge in [0.2, 0.25) is 0 Å². The van der Waals surface area contributed by atoms with Gasteiger partial charge >= 0.3 is 0 Å². The second kappa shape index (κ2) is 2.27. The maximum Gasteiger partial charge on any atom is 0.0974 e. The second-order valence-corrected chi connectivity index (χ2v) is 4.94. The molecule has 74 valence electrons. The predicted molar refractivity (Wildman–Crippen MR) is 46.4 cm³/mol. The number of aliphatic hydroxyl groups is 1. The summed E-state index contributed by atoms with van der Waals surface area (Å²) in [5.74, 6) is 0.420. The highest BCUT2D eigenvalue weighted by atomic mass is 16.6. The molecule has 1 saturated carbocycles. The van der Waals surface area contributed by atoms with Gasteiger partial charge in [-0.1, -0.05) is 0 Å². The molecule has 0 aromatic carbocycles. The van der Waals surface area contributed by atoms with Crippen molar-refractivity contribution in [2.45, 2.75) is 43.5 Å². The minimum absolute atomic E-state index is 0.0118. The normalized spacial score (nSPS) is 59.5. The van der Waals surface area contributed by atoms with Gasteiger partial charge in [0, 0.05) is 5.92 Å². The van der Waals surface area contributed by atoms with E-state index >= 15 is 0 Å². The fourth-order valence-electron chi connectivity index (χ4n) is 2.75. The molecule has 0 aromatic heterocycles. The van der Waals surface area contributed by atoms with E-state index in [4.69, 9.17) is 9.47 Å². The summed E-state index contributed by atoms with van der Waals surface area (Å²) in [6, 6.07) is 0. The van der Waals surface area contributed by atoms with Crippen molar-refractivity contribution in [3.8, 4) is 0 Å². The van der Waals surface area contributed by atoms with Crippen LogP contribution < -0.4 is 0 Å². The lowest BCUT2D eigenvalue weighted by Crippen LogP contribution is -2.42. The van der Waals surface area contributed by atoms with Gasteiger partial charge in [0.25, 0.3) is 0 Å². The van der Waals surface area contributed by atoms with Crippen LogP contribution in [0.5, 0.6) is 0 Å². The van der Waals surface area contributed by atoms with Gasteiger partial charge in [0.1, 0.15) is 0 Å². The highest BCUT2D eigenvalue weighted by Gasteiger charge is 2.64. The molecule has 3 nitrogen and oxygen atoms in total. The van der Waals surface area contributed by atoms with Gasteiger partial charge in [-0.2, -0.15) is 0 Å². The average molecular weight is 184 g/mol. The summed E-state index contributed by atoms with van der Waals surface area (Å²) in [6.07, 6.45) is 2.63. The predicted octanol–water partition coefficient (Wildman–Crippen LogP) is 0.705. The van der Waals surface area contributed by atoms with Gasteiger partial charge in [-0.25, -0.2) is 0 Å². The average Bonchev–Trinajstić information content (AvgIpc) is 2.98. The Morgan fingerprint density at radius 3 is 2.54 bits per heavy atom. The number of epoxide rings is 2. The van der Waals surface area contributed by atoms with E-state index in [0.717, 1.165) is 32.5 Å². The molecular formula is C10H16O3. The van der Waals surface area contributed by atoms with E-state index in [0.29, 0.717) is 5.92 Å². The lowest BCUT2D eigenvalue weighted by Gasteiger charge is -2.34. The van der Waals surface area contributed by atoms with Crippen LogP contribution in [0.2, 0.25) is 0 Å². The van der Waals surface area contributed by atoms with E-state index in [9.17, 15) is 5.11 Å². The van der Waals surface area contributed by atoms with Crippen LogP contribution >= 0.6 is 0 Å². The Kier molecular flexibility index (Phi) is 1.43. The van der Waals surface area contributed by atoms with Gasteiger partial charge in [0.05, 0.1) is 30.5 Å². The molecule has 1 aliphatic carbocycles. The Hall–Kier alpha value is -0.120. The molecule has 3 aliphatic rings. The van der Waals surface area contributed by atoms with Crippen LogP contribution in [-0.4, -0.2) is 35.6 Å². The fraction of sp³-hybridized carbons (Fsp3) is 1.00. The second-order valence-electron chi connectivity index (χ2n) is 4.94. The summed E-state index contributed by atoms with van der Waals surface area (Å²) in [5, 5.41) is 9.62. The number of hydrogen-bond acceptors (Lipinski definition) is 3. The van der Waals surface area contributed by atoms with Gasteiger partial charge in [0.15, 0.2) is 0 Å². The van der Waals surface area contributed by atoms with Gasteiger partial charge < -0.3 is 14.6 Å². The molecule has 13 heavy (non-hydrogen) atoms. The van der Waals surface area contributed by atoms with Crippen LogP contribution in [0, 0.1) is 5.92 Å². The SMILES string of the molecule is CC1(C2C[C@H](O)CC[C@]23CO3)CO1. The van der Waals surface area contributed by atoms with Crippen LogP contribution in [0.3, 0.4) is 0 Å². The van der Waals surface area contributed by atoms with Gasteiger partial charge in [-0.05, 0) is 26.2 Å². The minimum Gasteiger partial charge on any atom is -0.393 e. The molecule has 0 aromatic rings. The quantitative estimate of drug-likeness (QED) is 0.610. The molecule has 1 N–H and O–H groups in total. The molecule has 0 radical (unpaired) electrons. The molecule has 2 aliphatic heterocycles. The summed E-state index contributed by atoms with van der Waals surface area (Å²) in [6.45, 7) is 3.86. The van der Waals surface area contributed by atoms with Crippen molar-refractivity contribution < 1.29 is 14.6 Å². The van der Waals surface area contributed by atoms with Crippen LogP contribution in [0.1, 0.15) is 26.2 Å². The summed E-state index contributed by atoms with van der Waals surface area (Å²) in [4.78, 5) is 0. The van der Waals surface area contributed by atoms with E-state index < -0.39 is 0 Å². The minimum atomic E-state index is -0.138. The molecule has 0 bridgehead atoms. The third kappa shape index (κ3) is 1.14. The zero-order chi connectivity index (χ0) is 9.10. The van der Waals surface area contributed by atoms with Crippen LogP contribution in [0.25, 0.3) is 0 Å². The van der Waals surface area contributed by atoms with Crippen molar-refractivity contribution in [3.63, 3.8) is 0 Å². The Balaban J connectivity index is 1.82. The molecule has 2 saturated heterocycles. The Morgan fingerprint density at radius 2 is 2.00 bits per heavy atom. The lowest BCUT2D eigenvalue weighted by molar-refractivity contribution is 0.0145. The van der Waals surface area contributed by atoms with E-state index in [1.165, 1.54) is 0 Å². The topological polar surface area (TPSA) is 45.3 Å². The molecule has 2 heterocycles. The van der Waals surface area contributed by atoms with Crippen molar-refractivity contribution in [2.24, 2.45) is 5.92 Å². The zero-order valence-electron chi connectivity index (χ0n) is 7.95. The van der Waals surface area contributed by atoms with Gasteiger partial charge in [-0.3, -0.25) is 0 Å². The highest BCUT2D eigenvalue weighted by molar-refractivity contribution is 5.12. The molecule has 1 spiro atoms. The third-order valence-corrected chi connectivity index (χ3v) is 3.90. The lowest BCUT2D eigenvalue weighted by atomic mass is 9.72. The Morgan fingerprint density at radius 1 is 1.31 bits per heavy atom. The molecule has 3 fully saturated rings. The number of ether oxygens (including phenoxy) is 2. The number of hydrogen-bond donors (Lipinski definition) is 1. The van der Waals surface area contributed by atoms with Crippen LogP contribution in [-0.2, 0) is 9.47 Å². The number of aliphatic hydroxyl groups excluding tert-OH is 1. The van der Waals surface area contributed by atoms with E-state index in [1.54, 1.807) is 0 Å². The largest absolute Gasteiger partial charge is 0.393 e. The molecule has 3 heteroatoms. The van der Waals surface area contributed by atoms with Crippen molar-refractivity contribution in [1.29, 1.82) is 0 Å². The first-order chi connectivity index (χ1) is 6.15. The van der Waals surface area contributed by atoms with Gasteiger partial charge in [-0.15, -0.1) is 0 Å². The monoisotopic (exact) mass is 184 g/mol. The highest BCUT2D eigenvalue weighted by Crippen LogP contribution is 2.54. The molecule has 0 amide bonds. The first-order valence-corrected chi connectivity index (χ1v) is 5.11. The summed E-state index contributed by atoms with van der Waals surface area (Å²) < 4.78 is 11.0. The molecular weight excluding hydrogens is 168 g/mol. The molecule has 4 atom stereocenters. The summed E-state index contributed by atoms with van der Waals surface area (Å²) >= 11 is 0. The summed E-state index contributed by atoms with van der Waals surface area (Å²) in [5.41, 5.74) is 0.0996. The first kappa shape index (κ1) is 8.21. The number of rotatable bonds is 1. The van der Waals surface area contributed by atoms with E-state index in [2.05, 4.69) is 6.92 Å². The van der Waals surface area contributed by atoms with Crippen molar-refractivity contribution >= 4 is 0 Å². The maximum absolute atomic E-state index is 9.62. The van der Waals surface area contributed by atoms with E-state index in [-0.39, 0.29) is 17.3 Å².